The van der Waals surface area contributed by atoms with Crippen LogP contribution in [0.4, 0.5) is 4.79 Å². The van der Waals surface area contributed by atoms with Crippen molar-refractivity contribution in [2.45, 2.75) is 167 Å². The molecular weight excluding hydrogens is 981 g/mol. The summed E-state index contributed by atoms with van der Waals surface area (Å²) in [5.74, 6) is -0.649. The molecular formula is C54H78N2O19. The number of nitrogens with zero attached hydrogens (tertiary/aromatic N) is 1. The van der Waals surface area contributed by atoms with Crippen molar-refractivity contribution in [3.8, 4) is 0 Å². The van der Waals surface area contributed by atoms with E-state index in [1.165, 1.54) is 18.7 Å². The second-order valence-corrected chi connectivity index (χ2v) is 19.7. The van der Waals surface area contributed by atoms with Gasteiger partial charge in [0.2, 0.25) is 0 Å². The standard InChI is InChI=1S/C41H53NO9.C13H25NO10/c1-27-28(2)38(49-32(6)43)40(48-31(27)5)51-37-29(3)36(25-45-23-34-18-12-8-13-19-34)50-39(30(37)4)47-26-42(22-33-16-10-7-11-17-33)41(44)46-24-35-20-14-9-15-21-35;1-4-6(16)8(18)9(19)13(22-4)24-11-7(17)5(2-15)23-12(10(11)20)21-3-14/h7-21,27-31,36-40H,22-26H2,1-6H3;4-13,15-20H,2-3,14H2,1H3/t27-,28+,29+,30?,31?,36?,37+,38?,39-,40+;4?,5?,6-,7-,8-,9?,10?,11-,12+,13-/m10/s1. The van der Waals surface area contributed by atoms with E-state index in [1.807, 2.05) is 105 Å². The molecule has 75 heavy (non-hydrogen) atoms. The minimum absolute atomic E-state index is 0.0126. The minimum atomic E-state index is -1.61. The average molecular weight is 1060 g/mol. The van der Waals surface area contributed by atoms with Crippen LogP contribution in [0.1, 0.15) is 65.2 Å². The number of hydrogen-bond acceptors (Lipinski definition) is 20. The molecule has 3 aromatic carbocycles. The average Bonchev–Trinajstić information content (AvgIpc) is 3.41. The minimum Gasteiger partial charge on any atom is -0.457 e. The third-order valence-corrected chi connectivity index (χ3v) is 14.3. The second-order valence-electron chi connectivity index (χ2n) is 19.7. The summed E-state index contributed by atoms with van der Waals surface area (Å²) in [6, 6.07) is 29.2. The Morgan fingerprint density at radius 2 is 1.13 bits per heavy atom. The molecule has 4 heterocycles. The van der Waals surface area contributed by atoms with Gasteiger partial charge in [0.05, 0.1) is 57.5 Å². The summed E-state index contributed by atoms with van der Waals surface area (Å²) in [6.45, 7) is 13.3. The highest BCUT2D eigenvalue weighted by Crippen LogP contribution is 2.39. The molecule has 4 aliphatic rings. The smallest absolute Gasteiger partial charge is 0.412 e. The molecule has 4 aliphatic heterocycles. The number of ether oxygens (including phenoxy) is 11. The maximum absolute atomic E-state index is 13.5. The molecule has 418 valence electrons. The molecule has 21 heteroatoms. The Balaban J connectivity index is 0.000000318. The largest absolute Gasteiger partial charge is 0.457 e. The van der Waals surface area contributed by atoms with Gasteiger partial charge >= 0.3 is 12.1 Å². The number of aliphatic hydroxyl groups is 6. The molecule has 4 fully saturated rings. The molecule has 20 atom stereocenters. The molecule has 0 spiro atoms. The molecule has 8 unspecified atom stereocenters. The lowest BCUT2D eigenvalue weighted by Crippen LogP contribution is -2.64. The zero-order chi connectivity index (χ0) is 54.3. The predicted molar refractivity (Wildman–Crippen MR) is 266 cm³/mol. The molecule has 4 saturated heterocycles. The number of esters is 1. The van der Waals surface area contributed by atoms with Gasteiger partial charge in [0.1, 0.15) is 56.1 Å². The molecule has 21 nitrogen and oxygen atoms in total. The third-order valence-electron chi connectivity index (χ3n) is 14.3. The number of amides is 1. The van der Waals surface area contributed by atoms with Gasteiger partial charge in [-0.05, 0) is 36.5 Å². The lowest BCUT2D eigenvalue weighted by Gasteiger charge is -2.48. The maximum atomic E-state index is 13.5. The Hall–Kier alpha value is -4.24. The molecule has 7 rings (SSSR count). The van der Waals surface area contributed by atoms with Crippen molar-refractivity contribution in [2.75, 3.05) is 26.7 Å². The van der Waals surface area contributed by atoms with Crippen molar-refractivity contribution in [3.05, 3.63) is 108 Å². The van der Waals surface area contributed by atoms with E-state index < -0.39 is 105 Å². The normalized spacial score (nSPS) is 35.9. The summed E-state index contributed by atoms with van der Waals surface area (Å²) < 4.78 is 64.8. The van der Waals surface area contributed by atoms with Gasteiger partial charge in [0, 0.05) is 24.7 Å². The Morgan fingerprint density at radius 3 is 1.73 bits per heavy atom. The number of nitrogens with two attached hydrogens (primary N) is 1. The topological polar surface area (TPSA) is 286 Å². The molecule has 8 N–H and O–H groups in total. The Labute approximate surface area is 438 Å². The van der Waals surface area contributed by atoms with Crippen molar-refractivity contribution in [1.82, 2.24) is 4.90 Å². The van der Waals surface area contributed by atoms with Crippen LogP contribution in [0, 0.1) is 23.7 Å². The van der Waals surface area contributed by atoms with Crippen LogP contribution >= 0.6 is 0 Å². The zero-order valence-electron chi connectivity index (χ0n) is 43.7. The SMILES string of the molecule is CC(=O)OC1[C@H](O[C@@H]2C(C)[C@H](OCN(Cc3ccccc3)C(=O)OCc3ccccc3)OC(COCc3ccccc3)[C@@H]2C)OC(C)[C@H](C)[C@@H]1C.CC1O[C@@H](O[C@@H]2C(O)[C@H](OCN)OC(CO)[C@@H]2O)C(O)[C@@H](O)[C@H]1O. The van der Waals surface area contributed by atoms with Gasteiger partial charge in [-0.3, -0.25) is 9.69 Å². The number of carbonyl (C=O) groups is 2. The summed E-state index contributed by atoms with van der Waals surface area (Å²) in [5.41, 5.74) is 8.11. The van der Waals surface area contributed by atoms with Crippen molar-refractivity contribution in [3.63, 3.8) is 0 Å². The molecule has 0 saturated carbocycles. The summed E-state index contributed by atoms with van der Waals surface area (Å²) in [5, 5.41) is 59.1. The first kappa shape index (κ1) is 60.0. The number of rotatable bonds is 19. The van der Waals surface area contributed by atoms with Crippen LogP contribution in [-0.4, -0.2) is 173 Å². The first-order valence-corrected chi connectivity index (χ1v) is 25.6. The lowest BCUT2D eigenvalue weighted by atomic mass is 9.83. The zero-order valence-corrected chi connectivity index (χ0v) is 43.7. The fraction of sp³-hybridized carbons (Fsp3) is 0.630. The summed E-state index contributed by atoms with van der Waals surface area (Å²) in [7, 11) is 0. The van der Waals surface area contributed by atoms with Gasteiger partial charge in [-0.2, -0.15) is 0 Å². The van der Waals surface area contributed by atoms with Crippen LogP contribution in [0.3, 0.4) is 0 Å². The van der Waals surface area contributed by atoms with E-state index in [2.05, 4.69) is 20.8 Å². The third kappa shape index (κ3) is 16.2. The molecule has 0 aliphatic carbocycles. The van der Waals surface area contributed by atoms with E-state index in [1.54, 1.807) is 0 Å². The number of hydrogen-bond donors (Lipinski definition) is 7. The van der Waals surface area contributed by atoms with E-state index in [9.17, 15) is 40.2 Å². The van der Waals surface area contributed by atoms with E-state index in [0.29, 0.717) is 6.61 Å². The monoisotopic (exact) mass is 1060 g/mol. The highest BCUT2D eigenvalue weighted by Gasteiger charge is 2.51. The van der Waals surface area contributed by atoms with Gasteiger partial charge in [-0.25, -0.2) is 4.79 Å². The van der Waals surface area contributed by atoms with Crippen LogP contribution in [0.15, 0.2) is 91.0 Å². The maximum Gasteiger partial charge on any atom is 0.412 e. The molecule has 0 bridgehead atoms. The van der Waals surface area contributed by atoms with Crippen molar-refractivity contribution in [2.24, 2.45) is 29.4 Å². The quantitative estimate of drug-likeness (QED) is 0.0671. The van der Waals surface area contributed by atoms with Gasteiger partial charge in [0.25, 0.3) is 0 Å². The summed E-state index contributed by atoms with van der Waals surface area (Å²) >= 11 is 0. The van der Waals surface area contributed by atoms with Gasteiger partial charge in [-0.1, -0.05) is 119 Å². The Kier molecular flexibility index (Phi) is 23.1. The van der Waals surface area contributed by atoms with Crippen molar-refractivity contribution < 1.29 is 92.3 Å². The lowest BCUT2D eigenvalue weighted by molar-refractivity contribution is -0.357. The van der Waals surface area contributed by atoms with Crippen molar-refractivity contribution >= 4 is 12.1 Å². The van der Waals surface area contributed by atoms with E-state index >= 15 is 0 Å². The van der Waals surface area contributed by atoms with Crippen LogP contribution < -0.4 is 5.73 Å². The van der Waals surface area contributed by atoms with Crippen LogP contribution in [0.25, 0.3) is 0 Å². The van der Waals surface area contributed by atoms with E-state index in [0.717, 1.165) is 16.7 Å². The first-order valence-electron chi connectivity index (χ1n) is 25.6. The number of carbonyl (C=O) groups excluding carboxylic acids is 2. The molecule has 0 aromatic heterocycles. The van der Waals surface area contributed by atoms with Crippen LogP contribution in [0.2, 0.25) is 0 Å². The first-order chi connectivity index (χ1) is 35.9. The van der Waals surface area contributed by atoms with Crippen LogP contribution in [-0.2, 0) is 76.7 Å². The second kappa shape index (κ2) is 28.9. The van der Waals surface area contributed by atoms with Crippen LogP contribution in [0.5, 0.6) is 0 Å². The number of aliphatic hydroxyl groups excluding tert-OH is 6. The molecule has 3 aromatic rings. The highest BCUT2D eigenvalue weighted by molar-refractivity contribution is 5.67. The van der Waals surface area contributed by atoms with Crippen molar-refractivity contribution in [1.29, 1.82) is 0 Å². The highest BCUT2D eigenvalue weighted by atomic mass is 16.7. The molecule has 1 amide bonds. The Morgan fingerprint density at radius 1 is 0.560 bits per heavy atom. The Bertz CT molecular complexity index is 2140. The fourth-order valence-corrected chi connectivity index (χ4v) is 9.44. The molecule has 0 radical (unpaired) electrons. The summed E-state index contributed by atoms with van der Waals surface area (Å²) in [4.78, 5) is 27.2. The fourth-order valence-electron chi connectivity index (χ4n) is 9.44. The van der Waals surface area contributed by atoms with E-state index in [4.69, 9.17) is 57.8 Å². The van der Waals surface area contributed by atoms with Gasteiger partial charge in [-0.15, -0.1) is 0 Å². The predicted octanol–water partition coefficient (Wildman–Crippen LogP) is 2.92. The number of benzene rings is 3. The summed E-state index contributed by atoms with van der Waals surface area (Å²) in [6.07, 6.45) is -17.0. The van der Waals surface area contributed by atoms with Gasteiger partial charge < -0.3 is 88.5 Å². The van der Waals surface area contributed by atoms with Gasteiger partial charge in [0.15, 0.2) is 31.3 Å². The van der Waals surface area contributed by atoms with E-state index in [-0.39, 0.29) is 69.0 Å².